The molecule has 5 nitrogen and oxygen atoms in total. The van der Waals surface area contributed by atoms with Crippen LogP contribution in [-0.4, -0.2) is 19.6 Å². The van der Waals surface area contributed by atoms with Crippen LogP contribution in [0.25, 0.3) is 28.4 Å². The Bertz CT molecular complexity index is 992. The topological polar surface area (TPSA) is 56.2 Å². The Balaban J connectivity index is 1.98. The predicted octanol–water partition coefficient (Wildman–Crippen LogP) is 4.07. The van der Waals surface area contributed by atoms with Crippen LogP contribution in [0.4, 0.5) is 13.2 Å². The number of fused-ring (bicyclic) bond motifs is 1. The van der Waals surface area contributed by atoms with Crippen LogP contribution in [0.15, 0.2) is 59.5 Å². The molecule has 0 atom stereocenters. The summed E-state index contributed by atoms with van der Waals surface area (Å²) < 4.78 is 46.3. The third-order valence-corrected chi connectivity index (χ3v) is 3.45. The minimum atomic E-state index is -4.58. The van der Waals surface area contributed by atoms with E-state index >= 15 is 0 Å². The van der Waals surface area contributed by atoms with E-state index in [4.69, 9.17) is 4.42 Å². The molecule has 24 heavy (non-hydrogen) atoms. The maximum atomic E-state index is 13.4. The molecule has 0 saturated carbocycles. The molecule has 0 amide bonds. The fraction of sp³-hybridized carbons (Fsp3) is 0.0625. The molecule has 0 fully saturated rings. The minimum Gasteiger partial charge on any atom is -0.463 e. The molecule has 0 spiro atoms. The highest BCUT2D eigenvalue weighted by Crippen LogP contribution is 2.33. The van der Waals surface area contributed by atoms with E-state index in [0.717, 1.165) is 10.6 Å². The number of hydrogen-bond acceptors (Lipinski definition) is 4. The Morgan fingerprint density at radius 1 is 1.04 bits per heavy atom. The molecule has 4 aromatic rings. The summed E-state index contributed by atoms with van der Waals surface area (Å²) in [5, 5.41) is 3.98. The van der Waals surface area contributed by atoms with Crippen molar-refractivity contribution in [2.24, 2.45) is 0 Å². The van der Waals surface area contributed by atoms with Crippen molar-refractivity contribution in [2.75, 3.05) is 0 Å². The molecule has 0 unspecified atom stereocenters. The van der Waals surface area contributed by atoms with E-state index in [1.54, 1.807) is 30.5 Å². The van der Waals surface area contributed by atoms with E-state index in [9.17, 15) is 13.2 Å². The van der Waals surface area contributed by atoms with Crippen LogP contribution in [0.5, 0.6) is 0 Å². The van der Waals surface area contributed by atoms with Crippen LogP contribution in [0.2, 0.25) is 0 Å². The van der Waals surface area contributed by atoms with Crippen LogP contribution in [-0.2, 0) is 6.18 Å². The summed E-state index contributed by atoms with van der Waals surface area (Å²) in [4.78, 5) is 8.19. The summed E-state index contributed by atoms with van der Waals surface area (Å²) in [7, 11) is 0. The molecule has 0 saturated heterocycles. The van der Waals surface area contributed by atoms with Crippen LogP contribution < -0.4 is 0 Å². The normalized spacial score (nSPS) is 12.0. The second kappa shape index (κ2) is 5.19. The maximum absolute atomic E-state index is 13.4. The fourth-order valence-corrected chi connectivity index (χ4v) is 2.38. The largest absolute Gasteiger partial charge is 0.463 e. The fourth-order valence-electron chi connectivity index (χ4n) is 2.38. The van der Waals surface area contributed by atoms with Crippen molar-refractivity contribution in [1.29, 1.82) is 0 Å². The molecule has 0 N–H and O–H groups in total. The number of pyridine rings is 1. The number of halogens is 3. The molecule has 0 aliphatic carbocycles. The zero-order chi connectivity index (χ0) is 16.7. The zero-order valence-corrected chi connectivity index (χ0v) is 12.0. The van der Waals surface area contributed by atoms with Gasteiger partial charge >= 0.3 is 6.18 Å². The number of nitrogens with zero attached hydrogens (tertiary/aromatic N) is 4. The highest BCUT2D eigenvalue weighted by Gasteiger charge is 2.35. The Kier molecular flexibility index (Phi) is 3.12. The van der Waals surface area contributed by atoms with E-state index in [-0.39, 0.29) is 17.0 Å². The molecule has 0 aromatic carbocycles. The molecule has 4 rings (SSSR count). The quantitative estimate of drug-likeness (QED) is 0.556. The van der Waals surface area contributed by atoms with Crippen LogP contribution in [0.1, 0.15) is 5.69 Å². The van der Waals surface area contributed by atoms with E-state index < -0.39 is 11.9 Å². The molecule has 4 heterocycles. The predicted molar refractivity (Wildman–Crippen MR) is 78.9 cm³/mol. The second-order valence-corrected chi connectivity index (χ2v) is 5.04. The van der Waals surface area contributed by atoms with Gasteiger partial charge in [-0.1, -0.05) is 0 Å². The zero-order valence-electron chi connectivity index (χ0n) is 12.0. The standard InChI is InChI=1S/C16H9F3N4O/c17-16(18,19)14-7-11(10-3-1-5-20-9-10)21-15-8-12(22-23(14)15)13-4-2-6-24-13/h1-9H. The van der Waals surface area contributed by atoms with Gasteiger partial charge in [0.1, 0.15) is 5.69 Å². The van der Waals surface area contributed by atoms with Crippen molar-refractivity contribution in [2.45, 2.75) is 6.18 Å². The van der Waals surface area contributed by atoms with Gasteiger partial charge in [-0.2, -0.15) is 18.3 Å². The molecule has 4 aromatic heterocycles. The molecule has 0 aliphatic heterocycles. The van der Waals surface area contributed by atoms with E-state index in [2.05, 4.69) is 15.1 Å². The number of rotatable bonds is 2. The Morgan fingerprint density at radius 3 is 2.58 bits per heavy atom. The van der Waals surface area contributed by atoms with Crippen molar-refractivity contribution in [3.63, 3.8) is 0 Å². The summed E-state index contributed by atoms with van der Waals surface area (Å²) in [5.41, 5.74) is 0.112. The molecule has 8 heteroatoms. The summed E-state index contributed by atoms with van der Waals surface area (Å²) in [6, 6.07) is 8.96. The van der Waals surface area contributed by atoms with Crippen molar-refractivity contribution >= 4 is 5.65 Å². The highest BCUT2D eigenvalue weighted by atomic mass is 19.4. The third-order valence-electron chi connectivity index (χ3n) is 3.45. The average Bonchev–Trinajstić information content (AvgIpc) is 3.22. The number of aromatic nitrogens is 4. The van der Waals surface area contributed by atoms with Crippen LogP contribution >= 0.6 is 0 Å². The van der Waals surface area contributed by atoms with Crippen LogP contribution in [0, 0.1) is 0 Å². The lowest BCUT2D eigenvalue weighted by Gasteiger charge is -2.10. The molecule has 0 radical (unpaired) electrons. The summed E-state index contributed by atoms with van der Waals surface area (Å²) in [6.07, 6.45) is -0.146. The smallest absolute Gasteiger partial charge is 0.433 e. The lowest BCUT2D eigenvalue weighted by Crippen LogP contribution is -2.13. The van der Waals surface area contributed by atoms with Gasteiger partial charge in [0.15, 0.2) is 17.1 Å². The van der Waals surface area contributed by atoms with Gasteiger partial charge in [-0.15, -0.1) is 0 Å². The molecular formula is C16H9F3N4O. The lowest BCUT2D eigenvalue weighted by molar-refractivity contribution is -0.142. The van der Waals surface area contributed by atoms with Gasteiger partial charge in [0.05, 0.1) is 12.0 Å². The van der Waals surface area contributed by atoms with Gasteiger partial charge in [-0.3, -0.25) is 4.98 Å². The van der Waals surface area contributed by atoms with Gasteiger partial charge in [0, 0.05) is 24.0 Å². The molecule has 0 bridgehead atoms. The Labute approximate surface area is 133 Å². The monoisotopic (exact) mass is 330 g/mol. The van der Waals surface area contributed by atoms with Crippen LogP contribution in [0.3, 0.4) is 0 Å². The highest BCUT2D eigenvalue weighted by molar-refractivity contribution is 5.65. The average molecular weight is 330 g/mol. The van der Waals surface area contributed by atoms with Crippen molar-refractivity contribution in [1.82, 2.24) is 19.6 Å². The molecule has 0 aliphatic rings. The first-order valence-electron chi connectivity index (χ1n) is 6.95. The summed E-state index contributed by atoms with van der Waals surface area (Å²) in [5.74, 6) is 0.372. The maximum Gasteiger partial charge on any atom is 0.433 e. The van der Waals surface area contributed by atoms with Gasteiger partial charge in [-0.25, -0.2) is 9.50 Å². The number of furan rings is 1. The van der Waals surface area contributed by atoms with E-state index in [1.807, 2.05) is 0 Å². The SMILES string of the molecule is FC(F)(F)c1cc(-c2cccnc2)nc2cc(-c3ccco3)nn12. The van der Waals surface area contributed by atoms with Gasteiger partial charge in [-0.05, 0) is 30.3 Å². The van der Waals surface area contributed by atoms with Gasteiger partial charge in [0.2, 0.25) is 0 Å². The van der Waals surface area contributed by atoms with Gasteiger partial charge in [0.25, 0.3) is 0 Å². The number of alkyl halides is 3. The lowest BCUT2D eigenvalue weighted by atomic mass is 10.2. The summed E-state index contributed by atoms with van der Waals surface area (Å²) >= 11 is 0. The van der Waals surface area contributed by atoms with Crippen molar-refractivity contribution < 1.29 is 17.6 Å². The van der Waals surface area contributed by atoms with Crippen molar-refractivity contribution in [3.8, 4) is 22.7 Å². The van der Waals surface area contributed by atoms with E-state index in [0.29, 0.717) is 11.3 Å². The second-order valence-electron chi connectivity index (χ2n) is 5.04. The third kappa shape index (κ3) is 2.41. The van der Waals surface area contributed by atoms with Gasteiger partial charge < -0.3 is 4.42 Å². The Hall–Kier alpha value is -3.16. The number of hydrogen-bond donors (Lipinski definition) is 0. The Morgan fingerprint density at radius 2 is 1.92 bits per heavy atom. The first-order chi connectivity index (χ1) is 11.5. The minimum absolute atomic E-state index is 0.0788. The van der Waals surface area contributed by atoms with E-state index in [1.165, 1.54) is 18.5 Å². The molecular weight excluding hydrogens is 321 g/mol. The van der Waals surface area contributed by atoms with Crippen molar-refractivity contribution in [3.05, 3.63) is 60.7 Å². The molecule has 120 valence electrons. The first kappa shape index (κ1) is 14.4. The first-order valence-corrected chi connectivity index (χ1v) is 6.95. The summed E-state index contributed by atoms with van der Waals surface area (Å²) in [6.45, 7) is 0.